The average Bonchev–Trinajstić information content (AvgIpc) is 2.28. The molecule has 94 valence electrons. The van der Waals surface area contributed by atoms with E-state index in [2.05, 4.69) is 0 Å². The summed E-state index contributed by atoms with van der Waals surface area (Å²) in [5.74, 6) is 0.396. The Morgan fingerprint density at radius 3 is 2.53 bits per heavy atom. The van der Waals surface area contributed by atoms with E-state index < -0.39 is 11.7 Å². The SMILES string of the molecule is OCCc1c(C(F)(F)F)ccc2c1OCCO2. The molecule has 0 aromatic heterocycles. The number of benzene rings is 1. The lowest BCUT2D eigenvalue weighted by Crippen LogP contribution is -2.19. The molecule has 1 heterocycles. The summed E-state index contributed by atoms with van der Waals surface area (Å²) in [6.07, 6.45) is -4.57. The molecule has 1 aromatic rings. The molecule has 0 atom stereocenters. The second kappa shape index (κ2) is 4.44. The summed E-state index contributed by atoms with van der Waals surface area (Å²) in [4.78, 5) is 0. The van der Waals surface area contributed by atoms with Crippen molar-refractivity contribution in [2.75, 3.05) is 19.8 Å². The lowest BCUT2D eigenvalue weighted by atomic mass is 10.0. The summed E-state index contributed by atoms with van der Waals surface area (Å²) < 4.78 is 48.7. The van der Waals surface area contributed by atoms with Crippen molar-refractivity contribution in [1.82, 2.24) is 0 Å². The van der Waals surface area contributed by atoms with E-state index in [0.717, 1.165) is 6.07 Å². The number of hydrogen-bond donors (Lipinski definition) is 1. The Labute approximate surface area is 95.8 Å². The molecule has 0 amide bonds. The lowest BCUT2D eigenvalue weighted by Gasteiger charge is -2.23. The van der Waals surface area contributed by atoms with Gasteiger partial charge in [0.2, 0.25) is 0 Å². The first-order valence-electron chi connectivity index (χ1n) is 5.13. The van der Waals surface area contributed by atoms with Crippen LogP contribution in [-0.4, -0.2) is 24.9 Å². The predicted molar refractivity (Wildman–Crippen MR) is 53.2 cm³/mol. The second-order valence-electron chi connectivity index (χ2n) is 3.59. The van der Waals surface area contributed by atoms with Gasteiger partial charge in [-0.05, 0) is 18.6 Å². The smallest absolute Gasteiger partial charge is 0.416 e. The number of alkyl halides is 3. The van der Waals surface area contributed by atoms with Crippen LogP contribution in [0, 0.1) is 0 Å². The molecule has 1 N–H and O–H groups in total. The lowest BCUT2D eigenvalue weighted by molar-refractivity contribution is -0.138. The van der Waals surface area contributed by atoms with Gasteiger partial charge in [0.05, 0.1) is 5.56 Å². The van der Waals surface area contributed by atoms with E-state index in [1.807, 2.05) is 0 Å². The summed E-state index contributed by atoms with van der Waals surface area (Å²) >= 11 is 0. The molecule has 0 spiro atoms. The summed E-state index contributed by atoms with van der Waals surface area (Å²) in [7, 11) is 0. The van der Waals surface area contributed by atoms with E-state index in [-0.39, 0.29) is 30.9 Å². The van der Waals surface area contributed by atoms with Crippen LogP contribution in [0.15, 0.2) is 12.1 Å². The molecule has 0 unspecified atom stereocenters. The fraction of sp³-hybridized carbons (Fsp3) is 0.455. The maximum absolute atomic E-state index is 12.8. The highest BCUT2D eigenvalue weighted by molar-refractivity contribution is 5.52. The first kappa shape index (κ1) is 12.0. The minimum atomic E-state index is -4.46. The van der Waals surface area contributed by atoms with Crippen molar-refractivity contribution in [3.8, 4) is 11.5 Å². The van der Waals surface area contributed by atoms with Crippen molar-refractivity contribution in [3.63, 3.8) is 0 Å². The third-order valence-electron chi connectivity index (χ3n) is 2.48. The Bertz CT molecular complexity index is 415. The van der Waals surface area contributed by atoms with Crippen molar-refractivity contribution in [2.24, 2.45) is 0 Å². The fourth-order valence-corrected chi connectivity index (χ4v) is 1.80. The molecule has 1 aliphatic heterocycles. The largest absolute Gasteiger partial charge is 0.486 e. The van der Waals surface area contributed by atoms with Gasteiger partial charge in [-0.25, -0.2) is 0 Å². The summed E-state index contributed by atoms with van der Waals surface area (Å²) in [6.45, 7) is 0.159. The molecule has 6 heteroatoms. The molecule has 0 fully saturated rings. The molecular formula is C11H11F3O3. The Morgan fingerprint density at radius 2 is 1.88 bits per heavy atom. The zero-order valence-electron chi connectivity index (χ0n) is 8.88. The molecule has 0 radical (unpaired) electrons. The van der Waals surface area contributed by atoms with Crippen LogP contribution in [0.1, 0.15) is 11.1 Å². The molecule has 0 aliphatic carbocycles. The van der Waals surface area contributed by atoms with Crippen molar-refractivity contribution >= 4 is 0 Å². The van der Waals surface area contributed by atoms with E-state index in [4.69, 9.17) is 14.6 Å². The molecule has 17 heavy (non-hydrogen) atoms. The van der Waals surface area contributed by atoms with Gasteiger partial charge in [-0.1, -0.05) is 0 Å². The minimum Gasteiger partial charge on any atom is -0.486 e. The Morgan fingerprint density at radius 1 is 1.18 bits per heavy atom. The van der Waals surface area contributed by atoms with Gasteiger partial charge < -0.3 is 14.6 Å². The van der Waals surface area contributed by atoms with Crippen LogP contribution in [0.3, 0.4) is 0 Å². The number of aliphatic hydroxyl groups excluding tert-OH is 1. The fourth-order valence-electron chi connectivity index (χ4n) is 1.80. The van der Waals surface area contributed by atoms with E-state index in [1.54, 1.807) is 0 Å². The Balaban J connectivity index is 2.53. The average molecular weight is 248 g/mol. The number of aliphatic hydroxyl groups is 1. The van der Waals surface area contributed by atoms with Crippen LogP contribution in [0.2, 0.25) is 0 Å². The number of rotatable bonds is 2. The van der Waals surface area contributed by atoms with Gasteiger partial charge in [0.15, 0.2) is 11.5 Å². The maximum atomic E-state index is 12.8. The molecule has 1 aromatic carbocycles. The molecule has 0 saturated heterocycles. The van der Waals surface area contributed by atoms with Crippen molar-refractivity contribution in [3.05, 3.63) is 23.3 Å². The standard InChI is InChI=1S/C11H11F3O3/c12-11(13,14)8-1-2-9-10(7(8)3-4-15)17-6-5-16-9/h1-2,15H,3-6H2. The quantitative estimate of drug-likeness (QED) is 0.870. The zero-order chi connectivity index (χ0) is 12.5. The van der Waals surface area contributed by atoms with Crippen LogP contribution in [0.4, 0.5) is 13.2 Å². The highest BCUT2D eigenvalue weighted by Crippen LogP contribution is 2.42. The number of fused-ring (bicyclic) bond motifs is 1. The zero-order valence-corrected chi connectivity index (χ0v) is 8.88. The van der Waals surface area contributed by atoms with Crippen LogP contribution in [0.25, 0.3) is 0 Å². The first-order chi connectivity index (χ1) is 8.04. The van der Waals surface area contributed by atoms with Crippen molar-refractivity contribution < 1.29 is 27.8 Å². The Kier molecular flexibility index (Phi) is 3.15. The Hall–Kier alpha value is -1.43. The highest BCUT2D eigenvalue weighted by atomic mass is 19.4. The highest BCUT2D eigenvalue weighted by Gasteiger charge is 2.36. The number of halogens is 3. The van der Waals surface area contributed by atoms with Gasteiger partial charge in [-0.15, -0.1) is 0 Å². The third kappa shape index (κ3) is 2.31. The molecule has 3 nitrogen and oxygen atoms in total. The van der Waals surface area contributed by atoms with E-state index in [9.17, 15) is 13.2 Å². The second-order valence-corrected chi connectivity index (χ2v) is 3.59. The van der Waals surface area contributed by atoms with Gasteiger partial charge in [0, 0.05) is 12.2 Å². The predicted octanol–water partition coefficient (Wildman–Crippen LogP) is 2.01. The van der Waals surface area contributed by atoms with E-state index in [0.29, 0.717) is 12.4 Å². The van der Waals surface area contributed by atoms with Gasteiger partial charge in [-0.3, -0.25) is 0 Å². The topological polar surface area (TPSA) is 38.7 Å². The normalized spacial score (nSPS) is 14.8. The van der Waals surface area contributed by atoms with Gasteiger partial charge in [-0.2, -0.15) is 13.2 Å². The summed E-state index contributed by atoms with van der Waals surface area (Å²) in [5, 5.41) is 8.85. The van der Waals surface area contributed by atoms with Gasteiger partial charge in [0.1, 0.15) is 13.2 Å². The molecule has 1 aliphatic rings. The van der Waals surface area contributed by atoms with Gasteiger partial charge >= 0.3 is 6.18 Å². The monoisotopic (exact) mass is 248 g/mol. The molecule has 0 saturated carbocycles. The molecular weight excluding hydrogens is 237 g/mol. The minimum absolute atomic E-state index is 0.0443. The number of ether oxygens (including phenoxy) is 2. The van der Waals surface area contributed by atoms with Crippen molar-refractivity contribution in [1.29, 1.82) is 0 Å². The van der Waals surface area contributed by atoms with Crippen LogP contribution >= 0.6 is 0 Å². The third-order valence-corrected chi connectivity index (χ3v) is 2.48. The summed E-state index contributed by atoms with van der Waals surface area (Å²) in [5.41, 5.74) is -0.826. The maximum Gasteiger partial charge on any atom is 0.416 e. The summed E-state index contributed by atoms with van der Waals surface area (Å²) in [6, 6.07) is 2.21. The molecule has 2 rings (SSSR count). The number of hydrogen-bond acceptors (Lipinski definition) is 3. The van der Waals surface area contributed by atoms with Gasteiger partial charge in [0.25, 0.3) is 0 Å². The van der Waals surface area contributed by atoms with Crippen molar-refractivity contribution in [2.45, 2.75) is 12.6 Å². The van der Waals surface area contributed by atoms with E-state index >= 15 is 0 Å². The first-order valence-corrected chi connectivity index (χ1v) is 5.13. The molecule has 0 bridgehead atoms. The van der Waals surface area contributed by atoms with Crippen LogP contribution < -0.4 is 9.47 Å². The van der Waals surface area contributed by atoms with E-state index in [1.165, 1.54) is 6.07 Å². The van der Waals surface area contributed by atoms with Crippen LogP contribution in [-0.2, 0) is 12.6 Å². The van der Waals surface area contributed by atoms with Crippen LogP contribution in [0.5, 0.6) is 11.5 Å².